The van der Waals surface area contributed by atoms with Crippen molar-refractivity contribution in [3.63, 3.8) is 0 Å². The minimum absolute atomic E-state index is 0. The van der Waals surface area contributed by atoms with Crippen LogP contribution in [0.5, 0.6) is 0 Å². The summed E-state index contributed by atoms with van der Waals surface area (Å²) in [5.41, 5.74) is 0. The zero-order valence-corrected chi connectivity index (χ0v) is 9.78. The van der Waals surface area contributed by atoms with Crippen molar-refractivity contribution >= 4 is 43.4 Å². The highest BCUT2D eigenvalue weighted by atomic mass is 24.5. The van der Waals surface area contributed by atoms with Gasteiger partial charge in [-0.1, -0.05) is 52.4 Å². The molecule has 0 aromatic heterocycles. The maximum atomic E-state index is 2.29. The average molecular weight is 193 g/mol. The number of hydrogen-bond donors (Lipinski definition) is 0. The third-order valence-electron chi connectivity index (χ3n) is 2.21. The van der Waals surface area contributed by atoms with Crippen molar-refractivity contribution < 1.29 is 0 Å². The Hall–Kier alpha value is 1.53. The lowest BCUT2D eigenvalue weighted by atomic mass is 10.3. The Balaban J connectivity index is 0. The van der Waals surface area contributed by atoms with Gasteiger partial charge in [0.15, 0.2) is 0 Å². The van der Waals surface area contributed by atoms with E-state index in [1.54, 1.807) is 9.10 Å². The Morgan fingerprint density at radius 2 is 1.17 bits per heavy atom. The van der Waals surface area contributed by atoms with Crippen molar-refractivity contribution in [2.24, 2.45) is 0 Å². The highest BCUT2D eigenvalue weighted by molar-refractivity contribution is 6.35. The van der Waals surface area contributed by atoms with Gasteiger partial charge in [-0.2, -0.15) is 0 Å². The van der Waals surface area contributed by atoms with Crippen molar-refractivity contribution in [2.75, 3.05) is 0 Å². The molecule has 0 bridgehead atoms. The molecule has 0 N–H and O–H groups in total. The van der Waals surface area contributed by atoms with Crippen LogP contribution in [0, 0.1) is 0 Å². The second-order valence-electron chi connectivity index (χ2n) is 3.47. The van der Waals surface area contributed by atoms with Gasteiger partial charge in [-0.3, -0.25) is 0 Å². The lowest BCUT2D eigenvalue weighted by Crippen LogP contribution is -1.88. The quantitative estimate of drug-likeness (QED) is 0.410. The number of unbranched alkanes of at least 4 members (excludes halogenated alkanes) is 4. The van der Waals surface area contributed by atoms with Gasteiger partial charge in [0.05, 0.1) is 0 Å². The zero-order chi connectivity index (χ0) is 8.36. The van der Waals surface area contributed by atoms with Crippen LogP contribution in [0.4, 0.5) is 0 Å². The molecule has 0 saturated carbocycles. The molecule has 68 valence electrons. The van der Waals surface area contributed by atoms with Gasteiger partial charge >= 0.3 is 43.4 Å². The van der Waals surface area contributed by atoms with Crippen LogP contribution in [0.3, 0.4) is 0 Å². The van der Waals surface area contributed by atoms with E-state index in [1.807, 2.05) is 0 Å². The fraction of sp³-hybridized carbons (Fsp3) is 1.00. The monoisotopic (exact) mass is 192 g/mol. The predicted octanol–water partition coefficient (Wildman–Crippen LogP) is 2.99. The summed E-state index contributed by atoms with van der Waals surface area (Å²) in [5, 5.41) is 0. The van der Waals surface area contributed by atoms with E-state index in [-0.39, 0.29) is 23.1 Å². The van der Waals surface area contributed by atoms with Gasteiger partial charge in [0.25, 0.3) is 0 Å². The average Bonchev–Trinajstić information content (AvgIpc) is 2.03. The molecule has 0 saturated heterocycles. The third kappa shape index (κ3) is 14.1. The van der Waals surface area contributed by atoms with E-state index in [0.29, 0.717) is 20.4 Å². The summed E-state index contributed by atoms with van der Waals surface area (Å²) in [4.78, 5) is 0. The molecule has 0 nitrogen and oxygen atoms in total. The zero-order valence-electron chi connectivity index (χ0n) is 8.36. The summed E-state index contributed by atoms with van der Waals surface area (Å²) in [6.07, 6.45) is 8.78. The molecule has 12 heavy (non-hydrogen) atoms. The molecule has 0 heterocycles. The Morgan fingerprint density at radius 3 is 1.50 bits per heavy atom. The van der Waals surface area contributed by atoms with Gasteiger partial charge in [-0.15, -0.1) is 9.10 Å². The highest BCUT2D eigenvalue weighted by Gasteiger charge is 1.94. The minimum Gasteiger partial charge on any atom is -0.146 e. The molecule has 0 unspecified atom stereocenters. The van der Waals surface area contributed by atoms with E-state index >= 15 is 0 Å². The van der Waals surface area contributed by atoms with E-state index in [4.69, 9.17) is 0 Å². The summed E-state index contributed by atoms with van der Waals surface area (Å²) in [5.74, 6) is 0. The van der Waals surface area contributed by atoms with E-state index in [0.717, 1.165) is 0 Å². The first kappa shape index (κ1) is 16.0. The molecule has 0 radical (unpaired) electrons. The first-order valence-electron chi connectivity index (χ1n) is 5.41. The van der Waals surface area contributed by atoms with Gasteiger partial charge in [0, 0.05) is 0 Å². The molecule has 0 spiro atoms. The molecule has 0 aromatic rings. The van der Waals surface area contributed by atoms with Crippen molar-refractivity contribution in [3.8, 4) is 0 Å². The number of hydrogen-bond acceptors (Lipinski definition) is 0. The highest BCUT2D eigenvalue weighted by Crippen LogP contribution is 2.04. The van der Waals surface area contributed by atoms with Crippen LogP contribution in [0.1, 0.15) is 52.4 Å². The topological polar surface area (TPSA) is 0 Å². The Morgan fingerprint density at radius 1 is 0.750 bits per heavy atom. The fourth-order valence-electron chi connectivity index (χ4n) is 1.38. The minimum atomic E-state index is 0. The molecule has 0 atom stereocenters. The lowest BCUT2D eigenvalue weighted by molar-refractivity contribution is 0.752. The summed E-state index contributed by atoms with van der Waals surface area (Å²) < 4.78 is 3.22. The smallest absolute Gasteiger partial charge is 0.146 e. The molecule has 0 amide bonds. The maximum Gasteiger partial charge on any atom is 0.364 e. The Kier molecular flexibility index (Phi) is 20.0. The van der Waals surface area contributed by atoms with E-state index in [2.05, 4.69) is 13.8 Å². The first-order chi connectivity index (χ1) is 5.41. The van der Waals surface area contributed by atoms with E-state index in [1.165, 1.54) is 38.5 Å². The molecular formula is C10H24Mg2. The van der Waals surface area contributed by atoms with Gasteiger partial charge in [0.2, 0.25) is 0 Å². The van der Waals surface area contributed by atoms with Crippen molar-refractivity contribution in [1.82, 2.24) is 0 Å². The molecule has 0 fully saturated rings. The predicted molar refractivity (Wildman–Crippen MR) is 63.0 cm³/mol. The van der Waals surface area contributed by atoms with Crippen molar-refractivity contribution in [3.05, 3.63) is 0 Å². The third-order valence-corrected chi connectivity index (χ3v) is 4.21. The Bertz CT molecular complexity index is 56.9. The molecule has 0 rings (SSSR count). The molecule has 0 aliphatic carbocycles. The largest absolute Gasteiger partial charge is 0.364 e. The van der Waals surface area contributed by atoms with Crippen molar-refractivity contribution in [1.29, 1.82) is 0 Å². The maximum absolute atomic E-state index is 2.29. The molecule has 0 aromatic carbocycles. The van der Waals surface area contributed by atoms with Crippen LogP contribution in [0.15, 0.2) is 0 Å². The first-order valence-corrected chi connectivity index (χ1v) is 7.41. The summed E-state index contributed by atoms with van der Waals surface area (Å²) in [6, 6.07) is 0. The van der Waals surface area contributed by atoms with Crippen LogP contribution in [-0.2, 0) is 0 Å². The normalized spacial score (nSPS) is 8.83. The van der Waals surface area contributed by atoms with Gasteiger partial charge < -0.3 is 0 Å². The van der Waals surface area contributed by atoms with Crippen LogP contribution in [-0.4, -0.2) is 43.4 Å². The SMILES string of the molecule is CCCC[CH2][Mg][CH2]CCCC.[MgH2]. The van der Waals surface area contributed by atoms with Crippen molar-refractivity contribution in [2.45, 2.75) is 61.5 Å². The molecule has 0 aliphatic rings. The fourth-order valence-corrected chi connectivity index (χ4v) is 3.15. The standard InChI is InChI=1S/2C5H11.2Mg.2H/c2*1-3-5-4-2;;;;/h2*1,3-5H2,2H3;;;;. The summed E-state index contributed by atoms with van der Waals surface area (Å²) in [7, 11) is 0. The molecule has 2 heteroatoms. The summed E-state index contributed by atoms with van der Waals surface area (Å²) in [6.45, 7) is 4.58. The molecule has 0 aliphatic heterocycles. The van der Waals surface area contributed by atoms with Crippen LogP contribution >= 0.6 is 0 Å². The Labute approximate surface area is 104 Å². The van der Waals surface area contributed by atoms with E-state index in [9.17, 15) is 0 Å². The van der Waals surface area contributed by atoms with Crippen LogP contribution < -0.4 is 0 Å². The lowest BCUT2D eigenvalue weighted by Gasteiger charge is -1.96. The van der Waals surface area contributed by atoms with Gasteiger partial charge in [-0.05, 0) is 0 Å². The van der Waals surface area contributed by atoms with E-state index < -0.39 is 0 Å². The number of rotatable bonds is 8. The van der Waals surface area contributed by atoms with Gasteiger partial charge in [-0.25, -0.2) is 0 Å². The second-order valence-corrected chi connectivity index (χ2v) is 5.60. The van der Waals surface area contributed by atoms with Gasteiger partial charge in [0.1, 0.15) is 0 Å². The van der Waals surface area contributed by atoms with Crippen LogP contribution in [0.25, 0.3) is 0 Å². The second kappa shape index (κ2) is 15.0. The molecular weight excluding hydrogens is 169 g/mol. The van der Waals surface area contributed by atoms with Crippen LogP contribution in [0.2, 0.25) is 9.10 Å². The summed E-state index contributed by atoms with van der Waals surface area (Å²) >= 11 is 0.371.